The van der Waals surface area contributed by atoms with Gasteiger partial charge in [0, 0.05) is 0 Å². The second-order valence-electron chi connectivity index (χ2n) is 5.41. The Labute approximate surface area is 126 Å². The van der Waals surface area contributed by atoms with Gasteiger partial charge in [0.25, 0.3) is 0 Å². The lowest BCUT2D eigenvalue weighted by molar-refractivity contribution is -0.195. The quantitative estimate of drug-likeness (QED) is 0.428. The highest BCUT2D eigenvalue weighted by molar-refractivity contribution is 5.25. The molecule has 2 rings (SSSR count). The SMILES string of the molecule is C=C[C@H]1O[C@@H]2OC(C)(C)O[C@@H]2/C1=C\COC/C=C/C=C/C. The van der Waals surface area contributed by atoms with Crippen molar-refractivity contribution in [1.82, 2.24) is 0 Å². The average Bonchev–Trinajstić information content (AvgIpc) is 2.90. The smallest absolute Gasteiger partial charge is 0.192 e. The monoisotopic (exact) mass is 292 g/mol. The van der Waals surface area contributed by atoms with Gasteiger partial charge < -0.3 is 18.9 Å². The van der Waals surface area contributed by atoms with Crippen molar-refractivity contribution in [2.75, 3.05) is 13.2 Å². The van der Waals surface area contributed by atoms with Crippen LogP contribution in [0.4, 0.5) is 0 Å². The maximum absolute atomic E-state index is 5.89. The minimum Gasteiger partial charge on any atom is -0.373 e. The summed E-state index contributed by atoms with van der Waals surface area (Å²) in [6.07, 6.45) is 10.9. The molecule has 0 saturated carbocycles. The van der Waals surface area contributed by atoms with Gasteiger partial charge in [-0.25, -0.2) is 0 Å². The highest BCUT2D eigenvalue weighted by Crippen LogP contribution is 2.40. The molecule has 116 valence electrons. The fourth-order valence-corrected chi connectivity index (χ4v) is 2.40. The summed E-state index contributed by atoms with van der Waals surface area (Å²) in [5, 5.41) is 0. The van der Waals surface area contributed by atoms with Gasteiger partial charge in [0.05, 0.1) is 13.2 Å². The van der Waals surface area contributed by atoms with E-state index in [1.807, 2.05) is 51.2 Å². The van der Waals surface area contributed by atoms with Crippen LogP contribution in [0, 0.1) is 0 Å². The van der Waals surface area contributed by atoms with Gasteiger partial charge in [-0.05, 0) is 26.3 Å². The minimum absolute atomic E-state index is 0.168. The summed E-state index contributed by atoms with van der Waals surface area (Å²) in [6, 6.07) is 0. The predicted octanol–water partition coefficient (Wildman–Crippen LogP) is 3.12. The molecule has 0 unspecified atom stereocenters. The third-order valence-corrected chi connectivity index (χ3v) is 3.30. The standard InChI is InChI=1S/C17H24O4/c1-5-7-8-9-11-18-12-10-13-14(6-2)19-16-15(13)20-17(3,4)21-16/h5-10,14-16H,2,11-12H2,1,3-4H3/b7-5+,9-8+,13-10-/t14-,15-,16-/m1/s1. The first-order chi connectivity index (χ1) is 10.1. The van der Waals surface area contributed by atoms with Crippen LogP contribution in [-0.4, -0.2) is 37.5 Å². The Morgan fingerprint density at radius 2 is 2.05 bits per heavy atom. The molecule has 0 aromatic heterocycles. The Hall–Kier alpha value is -1.20. The van der Waals surface area contributed by atoms with Gasteiger partial charge in [-0.15, -0.1) is 6.58 Å². The summed E-state index contributed by atoms with van der Waals surface area (Å²) in [7, 11) is 0. The maximum Gasteiger partial charge on any atom is 0.192 e. The molecule has 3 atom stereocenters. The third kappa shape index (κ3) is 4.14. The zero-order valence-electron chi connectivity index (χ0n) is 13.0. The van der Waals surface area contributed by atoms with Crippen LogP contribution < -0.4 is 0 Å². The molecule has 2 aliphatic rings. The van der Waals surface area contributed by atoms with E-state index in [1.54, 1.807) is 6.08 Å². The summed E-state index contributed by atoms with van der Waals surface area (Å²) < 4.78 is 22.9. The molecule has 0 N–H and O–H groups in total. The molecule has 0 aromatic carbocycles. The van der Waals surface area contributed by atoms with E-state index < -0.39 is 5.79 Å². The van der Waals surface area contributed by atoms with Crippen LogP contribution in [-0.2, 0) is 18.9 Å². The van der Waals surface area contributed by atoms with Crippen molar-refractivity contribution in [3.63, 3.8) is 0 Å². The van der Waals surface area contributed by atoms with E-state index in [4.69, 9.17) is 18.9 Å². The van der Waals surface area contributed by atoms with Gasteiger partial charge in [-0.2, -0.15) is 0 Å². The van der Waals surface area contributed by atoms with Crippen molar-refractivity contribution in [1.29, 1.82) is 0 Å². The van der Waals surface area contributed by atoms with E-state index >= 15 is 0 Å². The zero-order chi connectivity index (χ0) is 15.3. The average molecular weight is 292 g/mol. The van der Waals surface area contributed by atoms with Crippen LogP contribution in [0.5, 0.6) is 0 Å². The number of allylic oxidation sites excluding steroid dienone is 3. The molecule has 4 heteroatoms. The molecule has 2 fully saturated rings. The number of fused-ring (bicyclic) bond motifs is 1. The van der Waals surface area contributed by atoms with Crippen molar-refractivity contribution in [2.45, 2.75) is 45.1 Å². The summed E-state index contributed by atoms with van der Waals surface area (Å²) in [5.74, 6) is -0.614. The molecule has 0 radical (unpaired) electrons. The van der Waals surface area contributed by atoms with Gasteiger partial charge in [-0.1, -0.05) is 36.5 Å². The Morgan fingerprint density at radius 3 is 2.76 bits per heavy atom. The first-order valence-corrected chi connectivity index (χ1v) is 7.26. The number of rotatable bonds is 6. The first-order valence-electron chi connectivity index (χ1n) is 7.26. The number of ether oxygens (including phenoxy) is 4. The second-order valence-corrected chi connectivity index (χ2v) is 5.41. The Morgan fingerprint density at radius 1 is 1.24 bits per heavy atom. The minimum atomic E-state index is -0.614. The van der Waals surface area contributed by atoms with E-state index in [-0.39, 0.29) is 18.5 Å². The molecule has 4 nitrogen and oxygen atoms in total. The van der Waals surface area contributed by atoms with Gasteiger partial charge in [0.1, 0.15) is 12.2 Å². The van der Waals surface area contributed by atoms with Crippen molar-refractivity contribution < 1.29 is 18.9 Å². The van der Waals surface area contributed by atoms with Crippen LogP contribution in [0.1, 0.15) is 20.8 Å². The van der Waals surface area contributed by atoms with Gasteiger partial charge in [0.15, 0.2) is 12.1 Å². The second kappa shape index (κ2) is 7.18. The predicted molar refractivity (Wildman–Crippen MR) is 81.8 cm³/mol. The van der Waals surface area contributed by atoms with Crippen LogP contribution in [0.25, 0.3) is 0 Å². The fraction of sp³-hybridized carbons (Fsp3) is 0.529. The highest BCUT2D eigenvalue weighted by Gasteiger charge is 2.50. The van der Waals surface area contributed by atoms with Gasteiger partial charge in [0.2, 0.25) is 0 Å². The van der Waals surface area contributed by atoms with Crippen molar-refractivity contribution in [2.24, 2.45) is 0 Å². The molecule has 21 heavy (non-hydrogen) atoms. The van der Waals surface area contributed by atoms with Crippen LogP contribution in [0.2, 0.25) is 0 Å². The van der Waals surface area contributed by atoms with Crippen molar-refractivity contribution >= 4 is 0 Å². The van der Waals surface area contributed by atoms with Gasteiger partial charge in [-0.3, -0.25) is 0 Å². The molecule has 0 amide bonds. The molecule has 0 aliphatic carbocycles. The largest absolute Gasteiger partial charge is 0.373 e. The van der Waals surface area contributed by atoms with Crippen LogP contribution in [0.3, 0.4) is 0 Å². The van der Waals surface area contributed by atoms with E-state index in [1.165, 1.54) is 0 Å². The number of hydrogen-bond acceptors (Lipinski definition) is 4. The Kier molecular flexibility index (Phi) is 5.53. The Balaban J connectivity index is 1.90. The van der Waals surface area contributed by atoms with Crippen LogP contribution >= 0.6 is 0 Å². The van der Waals surface area contributed by atoms with E-state index in [0.29, 0.717) is 13.2 Å². The summed E-state index contributed by atoms with van der Waals surface area (Å²) in [5.41, 5.74) is 1.03. The third-order valence-electron chi connectivity index (χ3n) is 3.30. The molecule has 0 bridgehead atoms. The molecule has 2 heterocycles. The fourth-order valence-electron chi connectivity index (χ4n) is 2.40. The lowest BCUT2D eigenvalue weighted by Gasteiger charge is -2.20. The van der Waals surface area contributed by atoms with Crippen molar-refractivity contribution in [3.8, 4) is 0 Å². The highest BCUT2D eigenvalue weighted by atomic mass is 16.8. The van der Waals surface area contributed by atoms with E-state index in [9.17, 15) is 0 Å². The summed E-state index contributed by atoms with van der Waals surface area (Å²) in [4.78, 5) is 0. The first kappa shape index (κ1) is 16.2. The molecule has 0 aromatic rings. The normalized spacial score (nSPS) is 33.3. The molecule has 0 spiro atoms. The van der Waals surface area contributed by atoms with Crippen molar-refractivity contribution in [3.05, 3.63) is 48.6 Å². The lowest BCUT2D eigenvalue weighted by atomic mass is 10.1. The molecule has 2 aliphatic heterocycles. The zero-order valence-corrected chi connectivity index (χ0v) is 13.0. The molecular formula is C17H24O4. The molecular weight excluding hydrogens is 268 g/mol. The maximum atomic E-state index is 5.89. The Bertz CT molecular complexity index is 448. The molecule has 2 saturated heterocycles. The summed E-state index contributed by atoms with van der Waals surface area (Å²) >= 11 is 0. The number of hydrogen-bond donors (Lipinski definition) is 0. The van der Waals surface area contributed by atoms with Crippen LogP contribution in [0.15, 0.2) is 48.6 Å². The van der Waals surface area contributed by atoms with E-state index in [2.05, 4.69) is 6.58 Å². The van der Waals surface area contributed by atoms with E-state index in [0.717, 1.165) is 5.57 Å². The van der Waals surface area contributed by atoms with Gasteiger partial charge >= 0.3 is 0 Å². The summed E-state index contributed by atoms with van der Waals surface area (Å²) in [6.45, 7) is 10.6. The topological polar surface area (TPSA) is 36.9 Å². The lowest BCUT2D eigenvalue weighted by Crippen LogP contribution is -2.25.